The van der Waals surface area contributed by atoms with E-state index in [0.717, 1.165) is 11.1 Å². The molecule has 2 aromatic carbocycles. The third-order valence-corrected chi connectivity index (χ3v) is 5.16. The Hall–Kier alpha value is -3.24. The summed E-state index contributed by atoms with van der Waals surface area (Å²) >= 11 is 0. The van der Waals surface area contributed by atoms with Crippen molar-refractivity contribution in [2.24, 2.45) is 10.4 Å². The van der Waals surface area contributed by atoms with Gasteiger partial charge in [0.1, 0.15) is 38.5 Å². The van der Waals surface area contributed by atoms with Gasteiger partial charge >= 0.3 is 0 Å². The highest BCUT2D eigenvalue weighted by Crippen LogP contribution is 2.33. The van der Waals surface area contributed by atoms with Gasteiger partial charge < -0.3 is 28.4 Å². The lowest BCUT2D eigenvalue weighted by Crippen LogP contribution is -2.15. The van der Waals surface area contributed by atoms with Crippen LogP contribution in [0.3, 0.4) is 0 Å². The summed E-state index contributed by atoms with van der Waals surface area (Å²) in [4.78, 5) is 21.8. The van der Waals surface area contributed by atoms with E-state index >= 15 is 0 Å². The highest BCUT2D eigenvalue weighted by atomic mass is 16.6. The van der Waals surface area contributed by atoms with Crippen molar-refractivity contribution in [1.82, 2.24) is 0 Å². The fourth-order valence-corrected chi connectivity index (χ4v) is 3.20. The van der Waals surface area contributed by atoms with Crippen LogP contribution in [0.15, 0.2) is 46.8 Å². The zero-order valence-electron chi connectivity index (χ0n) is 19.4. The van der Waals surface area contributed by atoms with Crippen LogP contribution in [0.25, 0.3) is 0 Å². The Kier molecular flexibility index (Phi) is 10.1. The molecule has 0 fully saturated rings. The SMILES string of the molecule is CC(N=O)c1ccc2c(c1)OCCOCCOc1cc(C(C)N=O)ccc1OCCOCCO2. The molecule has 34 heavy (non-hydrogen) atoms. The molecule has 2 aromatic rings. The maximum Gasteiger partial charge on any atom is 0.161 e. The molecule has 0 saturated heterocycles. The first-order valence-corrected chi connectivity index (χ1v) is 11.2. The molecule has 10 heteroatoms. The van der Waals surface area contributed by atoms with Crippen LogP contribution in [-0.4, -0.2) is 52.9 Å². The highest BCUT2D eigenvalue weighted by Gasteiger charge is 2.14. The van der Waals surface area contributed by atoms with Gasteiger partial charge in [0.25, 0.3) is 0 Å². The summed E-state index contributed by atoms with van der Waals surface area (Å²) in [5.41, 5.74) is 1.47. The topological polar surface area (TPSA) is 114 Å². The molecular weight excluding hydrogens is 444 g/mol. The number of hydrogen-bond donors (Lipinski definition) is 0. The Morgan fingerprint density at radius 1 is 0.559 bits per heavy atom. The third kappa shape index (κ3) is 7.39. The average Bonchev–Trinajstić information content (AvgIpc) is 2.87. The summed E-state index contributed by atoms with van der Waals surface area (Å²) < 4.78 is 34.5. The van der Waals surface area contributed by atoms with Gasteiger partial charge in [0.05, 0.1) is 26.4 Å². The maximum absolute atomic E-state index is 10.9. The van der Waals surface area contributed by atoms with Crippen LogP contribution in [0.4, 0.5) is 0 Å². The van der Waals surface area contributed by atoms with E-state index in [2.05, 4.69) is 10.4 Å². The second-order valence-electron chi connectivity index (χ2n) is 7.59. The van der Waals surface area contributed by atoms with Crippen molar-refractivity contribution in [3.8, 4) is 23.0 Å². The quantitative estimate of drug-likeness (QED) is 0.591. The molecule has 0 aromatic heterocycles. The van der Waals surface area contributed by atoms with Gasteiger partial charge in [-0.15, -0.1) is 0 Å². The molecule has 1 heterocycles. The molecule has 2 unspecified atom stereocenters. The van der Waals surface area contributed by atoms with Gasteiger partial charge in [-0.25, -0.2) is 0 Å². The molecule has 0 saturated carbocycles. The van der Waals surface area contributed by atoms with Crippen LogP contribution in [0.2, 0.25) is 0 Å². The molecule has 0 amide bonds. The molecule has 2 atom stereocenters. The Balaban J connectivity index is 1.65. The minimum atomic E-state index is -0.493. The molecule has 184 valence electrons. The summed E-state index contributed by atoms with van der Waals surface area (Å²) in [5.74, 6) is 2.12. The number of nitrogens with zero attached hydrogens (tertiary/aromatic N) is 2. The summed E-state index contributed by atoms with van der Waals surface area (Å²) in [6, 6.07) is 9.61. The van der Waals surface area contributed by atoms with Crippen LogP contribution in [0.1, 0.15) is 37.1 Å². The van der Waals surface area contributed by atoms with Crippen molar-refractivity contribution >= 4 is 0 Å². The van der Waals surface area contributed by atoms with Gasteiger partial charge in [-0.05, 0) is 49.2 Å². The van der Waals surface area contributed by atoms with Crippen LogP contribution >= 0.6 is 0 Å². The smallest absolute Gasteiger partial charge is 0.161 e. The molecule has 0 radical (unpaired) electrons. The summed E-state index contributed by atoms with van der Waals surface area (Å²) in [5, 5.41) is 6.14. The lowest BCUT2D eigenvalue weighted by molar-refractivity contribution is 0.0639. The van der Waals surface area contributed by atoms with E-state index in [1.54, 1.807) is 50.2 Å². The van der Waals surface area contributed by atoms with E-state index < -0.39 is 12.1 Å². The zero-order valence-corrected chi connectivity index (χ0v) is 19.4. The fourth-order valence-electron chi connectivity index (χ4n) is 3.20. The van der Waals surface area contributed by atoms with Gasteiger partial charge in [-0.2, -0.15) is 9.81 Å². The molecule has 0 aliphatic carbocycles. The lowest BCUT2D eigenvalue weighted by Gasteiger charge is -2.17. The normalized spacial score (nSPS) is 17.5. The van der Waals surface area contributed by atoms with Crippen molar-refractivity contribution in [3.05, 3.63) is 57.3 Å². The molecule has 0 spiro atoms. The van der Waals surface area contributed by atoms with Gasteiger partial charge in [0, 0.05) is 0 Å². The van der Waals surface area contributed by atoms with Crippen LogP contribution in [-0.2, 0) is 9.47 Å². The van der Waals surface area contributed by atoms with E-state index in [-0.39, 0.29) is 13.2 Å². The van der Waals surface area contributed by atoms with Crippen LogP contribution in [0, 0.1) is 9.81 Å². The average molecular weight is 475 g/mol. The molecular formula is C24H30N2O8. The molecule has 0 N–H and O–H groups in total. The minimum Gasteiger partial charge on any atom is -0.487 e. The summed E-state index contributed by atoms with van der Waals surface area (Å²) in [6.07, 6.45) is 0. The van der Waals surface area contributed by atoms with Crippen molar-refractivity contribution < 1.29 is 28.4 Å². The molecule has 10 nitrogen and oxygen atoms in total. The molecule has 3 rings (SSSR count). The number of nitroso groups, excluding NO2 is 2. The van der Waals surface area contributed by atoms with Gasteiger partial charge in [-0.3, -0.25) is 0 Å². The predicted octanol–water partition coefficient (Wildman–Crippen LogP) is 4.60. The number of benzene rings is 2. The Morgan fingerprint density at radius 2 is 0.912 bits per heavy atom. The monoisotopic (exact) mass is 474 g/mol. The Morgan fingerprint density at radius 3 is 1.26 bits per heavy atom. The number of hydrogen-bond acceptors (Lipinski definition) is 10. The second kappa shape index (κ2) is 13.5. The van der Waals surface area contributed by atoms with E-state index in [1.807, 2.05) is 0 Å². The Bertz CT molecular complexity index is 866. The summed E-state index contributed by atoms with van der Waals surface area (Å²) in [6.45, 7) is 5.98. The standard InChI is InChI=1S/C24H30N2O8/c1-17(25-27)19-3-5-21-23(15-19)33-13-9-30-10-14-34-24-16-20(18(2)26-28)4-6-22(24)32-12-8-29-7-11-31-21/h3-6,15-18H,7-14H2,1-2H3. The lowest BCUT2D eigenvalue weighted by atomic mass is 10.1. The van der Waals surface area contributed by atoms with Crippen molar-refractivity contribution in [2.75, 3.05) is 52.9 Å². The van der Waals surface area contributed by atoms with Gasteiger partial charge in [-0.1, -0.05) is 22.5 Å². The van der Waals surface area contributed by atoms with Gasteiger partial charge in [0.15, 0.2) is 23.0 Å². The van der Waals surface area contributed by atoms with Crippen molar-refractivity contribution in [1.29, 1.82) is 0 Å². The van der Waals surface area contributed by atoms with Crippen LogP contribution < -0.4 is 18.9 Å². The zero-order chi connectivity index (χ0) is 24.2. The first-order valence-electron chi connectivity index (χ1n) is 11.2. The predicted molar refractivity (Wildman–Crippen MR) is 125 cm³/mol. The Labute approximate surface area is 198 Å². The van der Waals surface area contributed by atoms with Crippen molar-refractivity contribution in [2.45, 2.75) is 25.9 Å². The molecule has 1 aliphatic heterocycles. The van der Waals surface area contributed by atoms with Crippen molar-refractivity contribution in [3.63, 3.8) is 0 Å². The highest BCUT2D eigenvalue weighted by molar-refractivity contribution is 5.44. The van der Waals surface area contributed by atoms with E-state index in [1.165, 1.54) is 0 Å². The summed E-state index contributed by atoms with van der Waals surface area (Å²) in [7, 11) is 0. The first-order chi connectivity index (χ1) is 16.6. The largest absolute Gasteiger partial charge is 0.487 e. The van der Waals surface area contributed by atoms with E-state index in [4.69, 9.17) is 28.4 Å². The molecule has 1 aliphatic rings. The number of rotatable bonds is 4. The molecule has 0 bridgehead atoms. The third-order valence-electron chi connectivity index (χ3n) is 5.16. The fraction of sp³-hybridized carbons (Fsp3) is 0.500. The van der Waals surface area contributed by atoms with E-state index in [0.29, 0.717) is 62.6 Å². The van der Waals surface area contributed by atoms with Gasteiger partial charge in [0.2, 0.25) is 0 Å². The number of ether oxygens (including phenoxy) is 6. The van der Waals surface area contributed by atoms with E-state index in [9.17, 15) is 9.81 Å². The first kappa shape index (κ1) is 25.4. The maximum atomic E-state index is 10.9. The second-order valence-corrected chi connectivity index (χ2v) is 7.59. The number of fused-ring (bicyclic) bond motifs is 2. The van der Waals surface area contributed by atoms with Crippen LogP contribution in [0.5, 0.6) is 23.0 Å². The minimum absolute atomic E-state index is 0.283.